The molecule has 0 aliphatic carbocycles. The van der Waals surface area contributed by atoms with E-state index in [1.165, 1.54) is 4.90 Å². The third-order valence-electron chi connectivity index (χ3n) is 3.61. The molecular formula is C17H24N4O2S. The highest BCUT2D eigenvalue weighted by molar-refractivity contribution is 7.80. The van der Waals surface area contributed by atoms with Crippen molar-refractivity contribution in [1.82, 2.24) is 15.1 Å². The second kappa shape index (κ2) is 7.61. The second-order valence-corrected chi connectivity index (χ2v) is 7.03. The van der Waals surface area contributed by atoms with Crippen molar-refractivity contribution in [2.75, 3.05) is 20.7 Å². The summed E-state index contributed by atoms with van der Waals surface area (Å²) in [4.78, 5) is 13.7. The summed E-state index contributed by atoms with van der Waals surface area (Å²) in [5, 5.41) is 8.25. The third-order valence-corrected chi connectivity index (χ3v) is 3.75. The molecule has 3 N–H and O–H groups in total. The lowest BCUT2D eigenvalue weighted by atomic mass is 10.00. The number of hydrogen-bond acceptors (Lipinski definition) is 4. The Morgan fingerprint density at radius 2 is 2.12 bits per heavy atom. The number of benzene rings is 1. The molecule has 0 aliphatic heterocycles. The number of thiocarbonyl (C=S) groups is 1. The zero-order valence-corrected chi connectivity index (χ0v) is 15.4. The number of nitrogens with one attached hydrogen (secondary N) is 1. The second-order valence-electron chi connectivity index (χ2n) is 6.51. The number of hydrogen-bond donors (Lipinski definition) is 2. The number of nitrogens with two attached hydrogens (primary N) is 1. The van der Waals surface area contributed by atoms with Crippen molar-refractivity contribution < 1.29 is 9.53 Å². The van der Waals surface area contributed by atoms with Crippen LogP contribution in [0.25, 0.3) is 10.9 Å². The molecule has 0 saturated heterocycles. The van der Waals surface area contributed by atoms with E-state index in [2.05, 4.69) is 30.1 Å². The van der Waals surface area contributed by atoms with E-state index in [0.717, 1.165) is 23.1 Å². The minimum atomic E-state index is -0.101. The molecule has 0 unspecified atom stereocenters. The molecule has 2 aromatic rings. The van der Waals surface area contributed by atoms with Crippen LogP contribution in [0.3, 0.4) is 0 Å². The lowest BCUT2D eigenvalue weighted by molar-refractivity contribution is -0.130. The van der Waals surface area contributed by atoms with Crippen LogP contribution in [0.4, 0.5) is 0 Å². The maximum absolute atomic E-state index is 11.8. The molecule has 6 nitrogen and oxygen atoms in total. The van der Waals surface area contributed by atoms with E-state index in [4.69, 9.17) is 22.7 Å². The smallest absolute Gasteiger partial charge is 0.259 e. The highest BCUT2D eigenvalue weighted by atomic mass is 32.1. The largest absolute Gasteiger partial charge is 0.481 e. The number of fused-ring (bicyclic) bond motifs is 1. The predicted octanol–water partition coefficient (Wildman–Crippen LogP) is 2.06. The molecule has 1 amide bonds. The molecule has 0 aliphatic rings. The fourth-order valence-corrected chi connectivity index (χ4v) is 2.62. The first-order valence-electron chi connectivity index (χ1n) is 7.89. The molecule has 2 rings (SSSR count). The van der Waals surface area contributed by atoms with Crippen LogP contribution in [0.15, 0.2) is 12.1 Å². The van der Waals surface area contributed by atoms with Crippen molar-refractivity contribution in [3.63, 3.8) is 0 Å². The summed E-state index contributed by atoms with van der Waals surface area (Å²) in [6.07, 6.45) is 1.36. The fourth-order valence-electron chi connectivity index (χ4n) is 2.47. The lowest BCUT2D eigenvalue weighted by Crippen LogP contribution is -2.27. The summed E-state index contributed by atoms with van der Waals surface area (Å²) in [6.45, 7) is 4.29. The summed E-state index contributed by atoms with van der Waals surface area (Å²) in [6, 6.07) is 4.05. The van der Waals surface area contributed by atoms with Gasteiger partial charge in [0.2, 0.25) is 0 Å². The normalized spacial score (nSPS) is 11.0. The van der Waals surface area contributed by atoms with Gasteiger partial charge in [-0.3, -0.25) is 9.89 Å². The average Bonchev–Trinajstić information content (AvgIpc) is 2.86. The number of amides is 1. The Hall–Kier alpha value is -2.15. The van der Waals surface area contributed by atoms with E-state index >= 15 is 0 Å². The van der Waals surface area contributed by atoms with Crippen molar-refractivity contribution in [2.24, 2.45) is 11.7 Å². The van der Waals surface area contributed by atoms with Gasteiger partial charge in [-0.05, 0) is 30.0 Å². The van der Waals surface area contributed by atoms with Gasteiger partial charge in [0.05, 0.1) is 4.99 Å². The summed E-state index contributed by atoms with van der Waals surface area (Å²) in [7, 11) is 3.40. The molecule has 130 valence electrons. The summed E-state index contributed by atoms with van der Waals surface area (Å²) < 4.78 is 5.75. The molecule has 0 radical (unpaired) electrons. The standard InChI is InChI=1S/C17H24N4O2S/c1-10(2)5-11-6-12-13(8-15(18)24)19-20-17(12)14(7-11)23-9-16(22)21(3)4/h6-7,10H,5,8-9H2,1-4H3,(H2,18,24)(H,19,20). The van der Waals surface area contributed by atoms with Gasteiger partial charge in [0.15, 0.2) is 6.61 Å². The number of carbonyl (C=O) groups is 1. The zero-order chi connectivity index (χ0) is 17.9. The van der Waals surface area contributed by atoms with Crippen LogP contribution in [0.1, 0.15) is 25.1 Å². The first kappa shape index (κ1) is 18.2. The van der Waals surface area contributed by atoms with E-state index in [-0.39, 0.29) is 12.5 Å². The maximum Gasteiger partial charge on any atom is 0.259 e. The van der Waals surface area contributed by atoms with Crippen LogP contribution in [0.5, 0.6) is 5.75 Å². The first-order valence-corrected chi connectivity index (χ1v) is 8.30. The number of carbonyl (C=O) groups excluding carboxylic acids is 1. The van der Waals surface area contributed by atoms with Gasteiger partial charge in [-0.25, -0.2) is 0 Å². The molecule has 0 bridgehead atoms. The quantitative estimate of drug-likeness (QED) is 0.748. The van der Waals surface area contributed by atoms with Gasteiger partial charge in [0, 0.05) is 31.6 Å². The molecule has 0 atom stereocenters. The fraction of sp³-hybridized carbons (Fsp3) is 0.471. The Labute approximate surface area is 147 Å². The lowest BCUT2D eigenvalue weighted by Gasteiger charge is -2.13. The predicted molar refractivity (Wildman–Crippen MR) is 99.3 cm³/mol. The number of ether oxygens (including phenoxy) is 1. The van der Waals surface area contributed by atoms with Crippen LogP contribution in [0, 0.1) is 5.92 Å². The van der Waals surface area contributed by atoms with Gasteiger partial charge in [0.1, 0.15) is 11.3 Å². The topological polar surface area (TPSA) is 84.2 Å². The van der Waals surface area contributed by atoms with E-state index in [1.54, 1.807) is 14.1 Å². The highest BCUT2D eigenvalue weighted by Crippen LogP contribution is 2.29. The number of likely N-dealkylation sites (N-methyl/N-ethyl adjacent to an activating group) is 1. The molecule has 24 heavy (non-hydrogen) atoms. The van der Waals surface area contributed by atoms with Crippen LogP contribution < -0.4 is 10.5 Å². The molecular weight excluding hydrogens is 324 g/mol. The van der Waals surface area contributed by atoms with Crippen molar-refractivity contribution in [2.45, 2.75) is 26.7 Å². The summed E-state index contributed by atoms with van der Waals surface area (Å²) in [5.74, 6) is 1.00. The van der Waals surface area contributed by atoms with Crippen LogP contribution in [-0.4, -0.2) is 46.7 Å². The highest BCUT2D eigenvalue weighted by Gasteiger charge is 2.15. The maximum atomic E-state index is 11.8. The van der Waals surface area contributed by atoms with Crippen LogP contribution >= 0.6 is 12.2 Å². The number of aromatic amines is 1. The zero-order valence-electron chi connectivity index (χ0n) is 14.5. The number of rotatable bonds is 7. The van der Waals surface area contributed by atoms with E-state index in [0.29, 0.717) is 28.6 Å². The number of aromatic nitrogens is 2. The molecule has 0 spiro atoms. The van der Waals surface area contributed by atoms with Gasteiger partial charge in [-0.2, -0.15) is 5.10 Å². The average molecular weight is 348 g/mol. The van der Waals surface area contributed by atoms with Gasteiger partial charge in [0.25, 0.3) is 5.91 Å². The van der Waals surface area contributed by atoms with Crippen molar-refractivity contribution in [1.29, 1.82) is 0 Å². The van der Waals surface area contributed by atoms with Crippen LogP contribution in [0.2, 0.25) is 0 Å². The summed E-state index contributed by atoms with van der Waals surface area (Å²) >= 11 is 5.00. The Morgan fingerprint density at radius 3 is 2.71 bits per heavy atom. The SMILES string of the molecule is CC(C)Cc1cc(OCC(=O)N(C)C)c2n[nH]c(CC(N)=S)c2c1. The minimum absolute atomic E-state index is 0.0231. The molecule has 7 heteroatoms. The third kappa shape index (κ3) is 4.44. The molecule has 1 aromatic carbocycles. The first-order chi connectivity index (χ1) is 11.3. The Balaban J connectivity index is 2.41. The Morgan fingerprint density at radius 1 is 1.42 bits per heavy atom. The van der Waals surface area contributed by atoms with Gasteiger partial charge < -0.3 is 15.4 Å². The van der Waals surface area contributed by atoms with Crippen molar-refractivity contribution in [3.8, 4) is 5.75 Å². The summed E-state index contributed by atoms with van der Waals surface area (Å²) in [5.41, 5.74) is 8.36. The van der Waals surface area contributed by atoms with Crippen molar-refractivity contribution in [3.05, 3.63) is 23.4 Å². The molecule has 0 fully saturated rings. The molecule has 1 aromatic heterocycles. The monoisotopic (exact) mass is 348 g/mol. The minimum Gasteiger partial charge on any atom is -0.481 e. The number of H-pyrrole nitrogens is 1. The van der Waals surface area contributed by atoms with Crippen LogP contribution in [-0.2, 0) is 17.6 Å². The van der Waals surface area contributed by atoms with E-state index in [9.17, 15) is 4.79 Å². The Kier molecular flexibility index (Phi) is 5.77. The number of nitrogens with zero attached hydrogens (tertiary/aromatic N) is 2. The van der Waals surface area contributed by atoms with Crippen molar-refractivity contribution >= 4 is 34.0 Å². The van der Waals surface area contributed by atoms with E-state index in [1.807, 2.05) is 6.07 Å². The Bertz CT molecular complexity index is 752. The molecule has 1 heterocycles. The van der Waals surface area contributed by atoms with Gasteiger partial charge >= 0.3 is 0 Å². The molecule has 0 saturated carbocycles. The van der Waals surface area contributed by atoms with E-state index < -0.39 is 0 Å². The van der Waals surface area contributed by atoms with Gasteiger partial charge in [-0.15, -0.1) is 0 Å². The van der Waals surface area contributed by atoms with Gasteiger partial charge in [-0.1, -0.05) is 26.1 Å².